The van der Waals surface area contributed by atoms with E-state index < -0.39 is 101 Å². The van der Waals surface area contributed by atoms with Gasteiger partial charge in [0.2, 0.25) is 41.4 Å². The molecule has 388 valence electrons. The topological polar surface area (TPSA) is 358 Å². The minimum atomic E-state index is -1.34. The normalized spacial score (nSPS) is 16.8. The number of likely N-dealkylation sites (tertiary alicyclic amines) is 1. The van der Waals surface area contributed by atoms with Gasteiger partial charge < -0.3 is 68.8 Å². The number of nitrogens with zero attached hydrogens (tertiary/aromatic N) is 3. The number of hydrogen-bond acceptors (Lipinski definition) is 12. The average molecular weight is 982 g/mol. The van der Waals surface area contributed by atoms with Crippen LogP contribution in [0.2, 0.25) is 0 Å². The number of unbranched alkanes of at least 4 members (excludes halogenated alkanes) is 1. The second-order valence-corrected chi connectivity index (χ2v) is 18.2. The number of phenols is 1. The molecule has 70 heavy (non-hydrogen) atoms. The molecule has 9 atom stereocenters. The Balaban J connectivity index is 1.92. The molecule has 14 N–H and O–H groups in total. The van der Waals surface area contributed by atoms with Crippen molar-refractivity contribution < 1.29 is 48.6 Å². The van der Waals surface area contributed by atoms with Crippen LogP contribution in [0.15, 0.2) is 41.8 Å². The first kappa shape index (κ1) is 57.5. The summed E-state index contributed by atoms with van der Waals surface area (Å²) < 4.78 is 0. The lowest BCUT2D eigenvalue weighted by atomic mass is 9.96. The van der Waals surface area contributed by atoms with E-state index in [1.807, 2.05) is 13.8 Å². The largest absolute Gasteiger partial charge is 0.508 e. The quantitative estimate of drug-likeness (QED) is 0.0273. The molecule has 0 spiro atoms. The number of hydrogen-bond donors (Lipinski definition) is 12. The van der Waals surface area contributed by atoms with E-state index in [0.29, 0.717) is 49.9 Å². The summed E-state index contributed by atoms with van der Waals surface area (Å²) in [5.74, 6) is -7.25. The SMILES string of the molecule is CC[C@H](C)[C@H](NC(=O)[C@@H]1CCCN1C(=O)[C@H](Cc1cnc[nH]1)NC(=O)[C@@H](NC(=O)[C@H](Cc1ccc(O)cc1)NC(=O)[C@@H](NC(=O)[C@H](CCCCN=C(N)N)NC(=O)CNC)C(C)C)[C@@H](C)CC)C(=O)O. The smallest absolute Gasteiger partial charge is 0.326 e. The van der Waals surface area contributed by atoms with Gasteiger partial charge >= 0.3 is 5.97 Å². The van der Waals surface area contributed by atoms with Gasteiger partial charge in [0.15, 0.2) is 5.96 Å². The van der Waals surface area contributed by atoms with Crippen molar-refractivity contribution in [3.63, 3.8) is 0 Å². The third kappa shape index (κ3) is 17.9. The number of H-pyrrole nitrogens is 1. The summed E-state index contributed by atoms with van der Waals surface area (Å²) in [6.07, 6.45) is 5.48. The Morgan fingerprint density at radius 2 is 1.40 bits per heavy atom. The summed E-state index contributed by atoms with van der Waals surface area (Å²) in [4.78, 5) is 122. The number of aliphatic imine (C=N–C) groups is 1. The van der Waals surface area contributed by atoms with Crippen molar-refractivity contribution in [3.05, 3.63) is 48.0 Å². The number of aliphatic carboxylic acids is 1. The van der Waals surface area contributed by atoms with Crippen LogP contribution in [0.4, 0.5) is 0 Å². The van der Waals surface area contributed by atoms with Gasteiger partial charge in [-0.3, -0.25) is 38.6 Å². The number of carbonyl (C=O) groups is 8. The maximum Gasteiger partial charge on any atom is 0.326 e. The second kappa shape index (κ2) is 28.6. The van der Waals surface area contributed by atoms with Gasteiger partial charge in [0.05, 0.1) is 12.9 Å². The predicted octanol–water partition coefficient (Wildman–Crippen LogP) is -0.704. The molecule has 0 bridgehead atoms. The van der Waals surface area contributed by atoms with Gasteiger partial charge in [-0.25, -0.2) is 9.78 Å². The highest BCUT2D eigenvalue weighted by Gasteiger charge is 2.41. The van der Waals surface area contributed by atoms with Gasteiger partial charge in [0, 0.05) is 37.8 Å². The molecule has 1 aromatic carbocycles. The van der Waals surface area contributed by atoms with E-state index >= 15 is 0 Å². The van der Waals surface area contributed by atoms with Crippen LogP contribution in [0, 0.1) is 17.8 Å². The maximum atomic E-state index is 14.5. The maximum absolute atomic E-state index is 14.5. The molecule has 3 rings (SSSR count). The molecule has 0 saturated carbocycles. The Bertz CT molecular complexity index is 2080. The molecule has 2 heterocycles. The van der Waals surface area contributed by atoms with Crippen molar-refractivity contribution in [1.82, 2.24) is 52.1 Å². The number of rotatable bonds is 29. The fourth-order valence-corrected chi connectivity index (χ4v) is 7.94. The number of carboxylic acid groups (broad SMARTS) is 1. The van der Waals surface area contributed by atoms with Crippen LogP contribution >= 0.6 is 0 Å². The Morgan fingerprint density at radius 1 is 0.786 bits per heavy atom. The number of aromatic amines is 1. The highest BCUT2D eigenvalue weighted by molar-refractivity contribution is 5.98. The molecule has 1 fully saturated rings. The lowest BCUT2D eigenvalue weighted by Crippen LogP contribution is -2.62. The highest BCUT2D eigenvalue weighted by Crippen LogP contribution is 2.22. The first-order chi connectivity index (χ1) is 33.2. The molecule has 0 unspecified atom stereocenters. The van der Waals surface area contributed by atoms with Crippen molar-refractivity contribution in [2.24, 2.45) is 34.2 Å². The first-order valence-corrected chi connectivity index (χ1v) is 24.0. The zero-order valence-electron chi connectivity index (χ0n) is 41.4. The number of carbonyl (C=O) groups excluding carboxylic acids is 7. The molecule has 1 aliphatic heterocycles. The highest BCUT2D eigenvalue weighted by atomic mass is 16.4. The van der Waals surface area contributed by atoms with E-state index in [4.69, 9.17) is 11.5 Å². The molecule has 0 radical (unpaired) electrons. The van der Waals surface area contributed by atoms with Crippen molar-refractivity contribution in [1.29, 1.82) is 0 Å². The Labute approximate surface area is 409 Å². The van der Waals surface area contributed by atoms with Gasteiger partial charge in [-0.05, 0) is 74.6 Å². The van der Waals surface area contributed by atoms with E-state index in [1.54, 1.807) is 46.9 Å². The number of nitrogens with two attached hydrogens (primary N) is 2. The van der Waals surface area contributed by atoms with Gasteiger partial charge in [-0.1, -0.05) is 66.5 Å². The molecule has 0 aliphatic carbocycles. The number of imidazole rings is 1. The molecule has 1 aromatic heterocycles. The molecule has 7 amide bonds. The van der Waals surface area contributed by atoms with Crippen molar-refractivity contribution in [2.45, 2.75) is 142 Å². The number of phenolic OH excluding ortho intramolecular Hbond substituents is 1. The summed E-state index contributed by atoms with van der Waals surface area (Å²) in [5, 5.41) is 39.0. The Morgan fingerprint density at radius 3 is 1.99 bits per heavy atom. The third-order valence-electron chi connectivity index (χ3n) is 12.4. The standard InChI is InChI=1S/C47H75N13O10/c1-8-27(5)38(44(67)56-34(22-30-23-51-25-53-30)45(68)60-20-12-14-35(60)42(65)59-39(46(69)70)28(6)9-2)58-41(64)33(21-29-15-17-31(61)18-16-29)55-43(66)37(26(3)4)57-40(63)32(54-36(62)24-50-7)13-10-11-19-52-47(48)49/h15-18,23,25-28,32-35,37-39,50,61H,8-14,19-22,24H2,1-7H3,(H,51,53)(H,54,62)(H,55,66)(H,56,67)(H,57,63)(H,58,64)(H,59,65)(H,69,70)(H4,48,49,52)/t27-,28-,32-,33-,34-,35-,37-,38-,39-/m0/s1. The number of aromatic nitrogens is 2. The molecule has 2 aromatic rings. The number of guanidine groups is 1. The van der Waals surface area contributed by atoms with Crippen LogP contribution in [0.3, 0.4) is 0 Å². The average Bonchev–Trinajstić information content (AvgIpc) is 4.03. The molecule has 23 nitrogen and oxygen atoms in total. The number of aromatic hydroxyl groups is 1. The van der Waals surface area contributed by atoms with Gasteiger partial charge in [-0.15, -0.1) is 0 Å². The van der Waals surface area contributed by atoms with Crippen molar-refractivity contribution in [3.8, 4) is 5.75 Å². The van der Waals surface area contributed by atoms with E-state index in [1.165, 1.54) is 29.6 Å². The van der Waals surface area contributed by atoms with Crippen LogP contribution in [0.25, 0.3) is 0 Å². The van der Waals surface area contributed by atoms with Crippen LogP contribution < -0.4 is 48.7 Å². The third-order valence-corrected chi connectivity index (χ3v) is 12.4. The monoisotopic (exact) mass is 982 g/mol. The van der Waals surface area contributed by atoms with Crippen molar-refractivity contribution in [2.75, 3.05) is 26.7 Å². The summed E-state index contributed by atoms with van der Waals surface area (Å²) in [6.45, 7) is 10.9. The second-order valence-electron chi connectivity index (χ2n) is 18.2. The number of carboxylic acids is 1. The van der Waals surface area contributed by atoms with Gasteiger partial charge in [0.1, 0.15) is 48.0 Å². The van der Waals surface area contributed by atoms with Crippen LogP contribution in [-0.4, -0.2) is 147 Å². The number of amides is 7. The number of benzene rings is 1. The van der Waals surface area contributed by atoms with E-state index in [0.717, 1.165) is 0 Å². The fraction of sp³-hybridized carbons (Fsp3) is 0.617. The molecule has 23 heteroatoms. The lowest BCUT2D eigenvalue weighted by Gasteiger charge is -2.32. The number of likely N-dealkylation sites (N-methyl/N-ethyl adjacent to an activating group) is 1. The fourth-order valence-electron chi connectivity index (χ4n) is 7.94. The summed E-state index contributed by atoms with van der Waals surface area (Å²) in [5.41, 5.74) is 11.9. The van der Waals surface area contributed by atoms with Crippen molar-refractivity contribution >= 4 is 53.3 Å². The zero-order chi connectivity index (χ0) is 52.1. The Hall–Kier alpha value is -6.78. The Kier molecular flexibility index (Phi) is 23.5. The van der Waals surface area contributed by atoms with E-state index in [9.17, 15) is 48.6 Å². The summed E-state index contributed by atoms with van der Waals surface area (Å²) in [7, 11) is 1.58. The first-order valence-electron chi connectivity index (χ1n) is 24.0. The minimum Gasteiger partial charge on any atom is -0.508 e. The zero-order valence-corrected chi connectivity index (χ0v) is 41.4. The summed E-state index contributed by atoms with van der Waals surface area (Å²) in [6, 6.07) is -2.29. The molecule has 1 saturated heterocycles. The predicted molar refractivity (Wildman–Crippen MR) is 260 cm³/mol. The lowest BCUT2D eigenvalue weighted by molar-refractivity contribution is -0.146. The van der Waals surface area contributed by atoms with Gasteiger partial charge in [-0.2, -0.15) is 0 Å². The number of nitrogens with one attached hydrogen (secondary N) is 8. The van der Waals surface area contributed by atoms with E-state index in [-0.39, 0.29) is 56.4 Å². The summed E-state index contributed by atoms with van der Waals surface area (Å²) >= 11 is 0. The molecular weight excluding hydrogens is 907 g/mol. The van der Waals surface area contributed by atoms with Gasteiger partial charge in [0.25, 0.3) is 0 Å². The van der Waals surface area contributed by atoms with E-state index in [2.05, 4.69) is 52.2 Å². The molecule has 1 aliphatic rings. The van der Waals surface area contributed by atoms with Crippen LogP contribution in [0.1, 0.15) is 97.7 Å². The van der Waals surface area contributed by atoms with Crippen LogP contribution in [-0.2, 0) is 51.2 Å². The molecular formula is C47H75N13O10. The van der Waals surface area contributed by atoms with Crippen LogP contribution in [0.5, 0.6) is 5.75 Å². The minimum absolute atomic E-state index is 0.0341.